The lowest BCUT2D eigenvalue weighted by molar-refractivity contribution is 0.0691. The van der Waals surface area contributed by atoms with E-state index < -0.39 is 5.97 Å². The van der Waals surface area contributed by atoms with Crippen molar-refractivity contribution in [3.05, 3.63) is 64.2 Å². The summed E-state index contributed by atoms with van der Waals surface area (Å²) in [4.78, 5) is 15.2. The number of aryl methyl sites for hydroxylation is 2. The van der Waals surface area contributed by atoms with E-state index in [0.29, 0.717) is 24.0 Å². The maximum atomic E-state index is 11.1. The summed E-state index contributed by atoms with van der Waals surface area (Å²) in [5.41, 5.74) is 4.25. The largest absolute Gasteiger partial charge is 0.489 e. The minimum Gasteiger partial charge on any atom is -0.489 e. The molecule has 0 aliphatic rings. The standard InChI is InChI=1S/C21H21NO4S/c1-13-8-9-14(2)19(15(13)3)26-11-10-25-18-7-5-4-6-16(18)20-22-17(12-27-20)21(23)24/h4-9,12H,10-11H2,1-3H3,(H,23,24). The third-order valence-corrected chi connectivity index (χ3v) is 5.18. The van der Waals surface area contributed by atoms with Gasteiger partial charge in [0.15, 0.2) is 5.69 Å². The molecular formula is C21H21NO4S. The molecule has 2 aromatic carbocycles. The second-order valence-corrected chi connectivity index (χ2v) is 7.05. The van der Waals surface area contributed by atoms with E-state index in [-0.39, 0.29) is 5.69 Å². The summed E-state index contributed by atoms with van der Waals surface area (Å²) in [7, 11) is 0. The average molecular weight is 383 g/mol. The number of carboxylic acid groups (broad SMARTS) is 1. The van der Waals surface area contributed by atoms with Gasteiger partial charge in [0.05, 0.1) is 5.56 Å². The SMILES string of the molecule is Cc1ccc(C)c(OCCOc2ccccc2-c2nc(C(=O)O)cs2)c1C. The van der Waals surface area contributed by atoms with Gasteiger partial charge in [0.2, 0.25) is 0 Å². The number of para-hydroxylation sites is 1. The number of ether oxygens (including phenoxy) is 2. The molecule has 0 aliphatic carbocycles. The third kappa shape index (κ3) is 4.28. The fourth-order valence-corrected chi connectivity index (χ4v) is 3.53. The summed E-state index contributed by atoms with van der Waals surface area (Å²) in [5.74, 6) is 0.524. The molecule has 0 unspecified atom stereocenters. The second-order valence-electron chi connectivity index (χ2n) is 6.19. The first-order valence-corrected chi connectivity index (χ1v) is 9.46. The number of hydrogen-bond acceptors (Lipinski definition) is 5. The zero-order valence-corrected chi connectivity index (χ0v) is 16.3. The van der Waals surface area contributed by atoms with Crippen molar-refractivity contribution < 1.29 is 19.4 Å². The minimum absolute atomic E-state index is 0.0403. The molecule has 3 rings (SSSR count). The van der Waals surface area contributed by atoms with Gasteiger partial charge < -0.3 is 14.6 Å². The zero-order chi connectivity index (χ0) is 19.4. The van der Waals surface area contributed by atoms with E-state index in [0.717, 1.165) is 22.4 Å². The monoisotopic (exact) mass is 383 g/mol. The summed E-state index contributed by atoms with van der Waals surface area (Å²) in [5, 5.41) is 11.2. The molecule has 5 nitrogen and oxygen atoms in total. The number of benzene rings is 2. The number of nitrogens with zero attached hydrogens (tertiary/aromatic N) is 1. The van der Waals surface area contributed by atoms with E-state index in [1.807, 2.05) is 31.2 Å². The van der Waals surface area contributed by atoms with Gasteiger partial charge >= 0.3 is 5.97 Å². The fraction of sp³-hybridized carbons (Fsp3) is 0.238. The van der Waals surface area contributed by atoms with Crippen LogP contribution < -0.4 is 9.47 Å². The fourth-order valence-electron chi connectivity index (χ4n) is 2.71. The Morgan fingerprint density at radius 3 is 2.48 bits per heavy atom. The predicted octanol–water partition coefficient (Wildman–Crippen LogP) is 4.89. The van der Waals surface area contributed by atoms with Crippen LogP contribution in [0.4, 0.5) is 0 Å². The van der Waals surface area contributed by atoms with Gasteiger partial charge in [-0.25, -0.2) is 9.78 Å². The highest BCUT2D eigenvalue weighted by atomic mass is 32.1. The van der Waals surface area contributed by atoms with Crippen LogP contribution in [-0.4, -0.2) is 29.3 Å². The Bertz CT molecular complexity index is 965. The van der Waals surface area contributed by atoms with E-state index in [9.17, 15) is 4.79 Å². The molecule has 0 atom stereocenters. The van der Waals surface area contributed by atoms with Gasteiger partial charge in [0.1, 0.15) is 29.7 Å². The molecule has 0 bridgehead atoms. The van der Waals surface area contributed by atoms with Gasteiger partial charge in [-0.15, -0.1) is 11.3 Å². The first-order valence-electron chi connectivity index (χ1n) is 8.58. The number of hydrogen-bond donors (Lipinski definition) is 1. The summed E-state index contributed by atoms with van der Waals surface area (Å²) in [6.07, 6.45) is 0. The molecule has 0 aliphatic heterocycles. The topological polar surface area (TPSA) is 68.7 Å². The molecule has 0 saturated carbocycles. The minimum atomic E-state index is -1.03. The van der Waals surface area contributed by atoms with Crippen molar-refractivity contribution in [2.45, 2.75) is 20.8 Å². The molecule has 3 aromatic rings. The van der Waals surface area contributed by atoms with E-state index in [2.05, 4.69) is 31.0 Å². The Morgan fingerprint density at radius 2 is 1.74 bits per heavy atom. The number of rotatable bonds is 7. The Labute approximate surface area is 162 Å². The maximum Gasteiger partial charge on any atom is 0.355 e. The van der Waals surface area contributed by atoms with E-state index in [4.69, 9.17) is 14.6 Å². The lowest BCUT2D eigenvalue weighted by Crippen LogP contribution is -2.11. The highest BCUT2D eigenvalue weighted by molar-refractivity contribution is 7.13. The van der Waals surface area contributed by atoms with Crippen molar-refractivity contribution in [1.82, 2.24) is 4.98 Å². The maximum absolute atomic E-state index is 11.1. The predicted molar refractivity (Wildman–Crippen MR) is 106 cm³/mol. The smallest absolute Gasteiger partial charge is 0.355 e. The van der Waals surface area contributed by atoms with Crippen LogP contribution in [0.5, 0.6) is 11.5 Å². The summed E-state index contributed by atoms with van der Waals surface area (Å²) in [6, 6.07) is 11.6. The summed E-state index contributed by atoms with van der Waals surface area (Å²) >= 11 is 1.28. The molecule has 0 spiro atoms. The van der Waals surface area contributed by atoms with Crippen LogP contribution in [0.25, 0.3) is 10.6 Å². The van der Waals surface area contributed by atoms with Gasteiger partial charge in [0.25, 0.3) is 0 Å². The molecule has 140 valence electrons. The lowest BCUT2D eigenvalue weighted by atomic mass is 10.1. The number of carbonyl (C=O) groups is 1. The van der Waals surface area contributed by atoms with Gasteiger partial charge in [0, 0.05) is 5.38 Å². The lowest BCUT2D eigenvalue weighted by Gasteiger charge is -2.15. The average Bonchev–Trinajstić information content (AvgIpc) is 3.15. The normalized spacial score (nSPS) is 10.6. The summed E-state index contributed by atoms with van der Waals surface area (Å²) < 4.78 is 11.8. The van der Waals surface area contributed by atoms with Gasteiger partial charge in [-0.3, -0.25) is 0 Å². The Kier molecular flexibility index (Phi) is 5.76. The van der Waals surface area contributed by atoms with Crippen LogP contribution in [-0.2, 0) is 0 Å². The number of carboxylic acids is 1. The van der Waals surface area contributed by atoms with Crippen molar-refractivity contribution in [2.75, 3.05) is 13.2 Å². The quantitative estimate of drug-likeness (QED) is 0.588. The van der Waals surface area contributed by atoms with Crippen LogP contribution in [0, 0.1) is 20.8 Å². The van der Waals surface area contributed by atoms with Crippen LogP contribution in [0.1, 0.15) is 27.2 Å². The van der Waals surface area contributed by atoms with Gasteiger partial charge in [-0.05, 0) is 49.6 Å². The Balaban J connectivity index is 1.67. The third-order valence-electron chi connectivity index (χ3n) is 4.30. The molecule has 1 heterocycles. The number of aromatic carboxylic acids is 1. The highest BCUT2D eigenvalue weighted by Crippen LogP contribution is 2.32. The molecule has 1 N–H and O–H groups in total. The van der Waals surface area contributed by atoms with Crippen molar-refractivity contribution in [3.63, 3.8) is 0 Å². The van der Waals surface area contributed by atoms with Crippen molar-refractivity contribution in [3.8, 4) is 22.1 Å². The van der Waals surface area contributed by atoms with Crippen molar-refractivity contribution in [1.29, 1.82) is 0 Å². The molecule has 0 amide bonds. The molecule has 27 heavy (non-hydrogen) atoms. The first-order chi connectivity index (χ1) is 13.0. The number of thiazole rings is 1. The second kappa shape index (κ2) is 8.22. The van der Waals surface area contributed by atoms with Gasteiger partial charge in [-0.1, -0.05) is 24.3 Å². The van der Waals surface area contributed by atoms with Crippen molar-refractivity contribution in [2.24, 2.45) is 0 Å². The van der Waals surface area contributed by atoms with E-state index >= 15 is 0 Å². The van der Waals surface area contributed by atoms with Crippen LogP contribution >= 0.6 is 11.3 Å². The first kappa shape index (κ1) is 18.9. The highest BCUT2D eigenvalue weighted by Gasteiger charge is 2.14. The van der Waals surface area contributed by atoms with E-state index in [1.165, 1.54) is 22.3 Å². The van der Waals surface area contributed by atoms with Crippen LogP contribution in [0.3, 0.4) is 0 Å². The molecule has 0 fully saturated rings. The summed E-state index contributed by atoms with van der Waals surface area (Å²) in [6.45, 7) is 6.93. The number of aromatic nitrogens is 1. The molecular weight excluding hydrogens is 362 g/mol. The molecule has 6 heteroatoms. The van der Waals surface area contributed by atoms with Gasteiger partial charge in [-0.2, -0.15) is 0 Å². The van der Waals surface area contributed by atoms with E-state index in [1.54, 1.807) is 0 Å². The van der Waals surface area contributed by atoms with Crippen molar-refractivity contribution >= 4 is 17.3 Å². The van der Waals surface area contributed by atoms with Crippen LogP contribution in [0.2, 0.25) is 0 Å². The zero-order valence-electron chi connectivity index (χ0n) is 15.5. The molecule has 0 saturated heterocycles. The van der Waals surface area contributed by atoms with Crippen LogP contribution in [0.15, 0.2) is 41.8 Å². The Morgan fingerprint density at radius 1 is 1.04 bits per heavy atom. The Hall–Kier alpha value is -2.86. The molecule has 1 aromatic heterocycles. The molecule has 0 radical (unpaired) electrons.